The van der Waals surface area contributed by atoms with Crippen molar-refractivity contribution in [3.05, 3.63) is 65.5 Å². The van der Waals surface area contributed by atoms with Crippen molar-refractivity contribution in [1.29, 1.82) is 0 Å². The van der Waals surface area contributed by atoms with Crippen LogP contribution in [0.1, 0.15) is 41.6 Å². The summed E-state index contributed by atoms with van der Waals surface area (Å²) in [5, 5.41) is 7.07. The highest BCUT2D eigenvalue weighted by molar-refractivity contribution is 5.97. The van der Waals surface area contributed by atoms with E-state index in [2.05, 4.69) is 20.4 Å². The minimum atomic E-state index is -0.379. The number of benzene rings is 2. The van der Waals surface area contributed by atoms with Gasteiger partial charge in [-0.15, -0.1) is 0 Å². The fourth-order valence-electron chi connectivity index (χ4n) is 4.00. The predicted octanol–water partition coefficient (Wildman–Crippen LogP) is 4.07. The molecular formula is C25H28N4O4. The fraction of sp³-hybridized carbons (Fsp3) is 0.360. The van der Waals surface area contributed by atoms with Crippen LogP contribution < -0.4 is 5.32 Å². The Morgan fingerprint density at radius 3 is 2.61 bits per heavy atom. The lowest BCUT2D eigenvalue weighted by Gasteiger charge is -2.30. The molecule has 1 amide bonds. The van der Waals surface area contributed by atoms with E-state index in [4.69, 9.17) is 9.26 Å². The smallest absolute Gasteiger partial charge is 0.338 e. The van der Waals surface area contributed by atoms with Crippen molar-refractivity contribution in [2.24, 2.45) is 5.92 Å². The van der Waals surface area contributed by atoms with E-state index in [0.29, 0.717) is 41.7 Å². The first-order chi connectivity index (χ1) is 16.0. The number of aromatic nitrogens is 2. The van der Waals surface area contributed by atoms with Crippen LogP contribution in [0.5, 0.6) is 0 Å². The number of rotatable bonds is 7. The summed E-state index contributed by atoms with van der Waals surface area (Å²) in [6, 6.07) is 15.0. The molecule has 8 heteroatoms. The number of piperidine rings is 1. The van der Waals surface area contributed by atoms with E-state index in [1.54, 1.807) is 19.1 Å². The number of carbonyl (C=O) groups excluding carboxylic acids is 2. The Balaban J connectivity index is 1.30. The first-order valence-electron chi connectivity index (χ1n) is 11.2. The van der Waals surface area contributed by atoms with Gasteiger partial charge >= 0.3 is 5.97 Å². The molecule has 1 aliphatic rings. The van der Waals surface area contributed by atoms with Gasteiger partial charge in [0.25, 0.3) is 0 Å². The molecule has 1 fully saturated rings. The predicted molar refractivity (Wildman–Crippen MR) is 124 cm³/mol. The second-order valence-corrected chi connectivity index (χ2v) is 8.12. The van der Waals surface area contributed by atoms with E-state index < -0.39 is 0 Å². The Bertz CT molecular complexity index is 1100. The average Bonchev–Trinajstić information content (AvgIpc) is 3.30. The van der Waals surface area contributed by atoms with E-state index in [0.717, 1.165) is 31.5 Å². The van der Waals surface area contributed by atoms with Crippen molar-refractivity contribution in [2.45, 2.75) is 33.2 Å². The van der Waals surface area contributed by atoms with Gasteiger partial charge in [-0.2, -0.15) is 4.98 Å². The quantitative estimate of drug-likeness (QED) is 0.544. The lowest BCUT2D eigenvalue weighted by atomic mass is 9.95. The summed E-state index contributed by atoms with van der Waals surface area (Å²) in [7, 11) is 0. The van der Waals surface area contributed by atoms with Gasteiger partial charge in [0.15, 0.2) is 0 Å². The molecule has 1 aliphatic heterocycles. The van der Waals surface area contributed by atoms with Crippen molar-refractivity contribution in [3.8, 4) is 11.4 Å². The Morgan fingerprint density at radius 2 is 1.88 bits per heavy atom. The van der Waals surface area contributed by atoms with Crippen molar-refractivity contribution in [3.63, 3.8) is 0 Å². The zero-order valence-electron chi connectivity index (χ0n) is 18.9. The molecule has 0 radical (unpaired) electrons. The highest BCUT2D eigenvalue weighted by Crippen LogP contribution is 2.24. The SMILES string of the molecule is CCOC(=O)c1cccc(NC(=O)C2CCN(Cc3nc(-c4ccccc4)no3)CC2)c1C. The molecule has 0 bridgehead atoms. The van der Waals surface area contributed by atoms with Crippen LogP contribution in [-0.4, -0.2) is 46.6 Å². The summed E-state index contributed by atoms with van der Waals surface area (Å²) in [6.07, 6.45) is 1.48. The maximum absolute atomic E-state index is 12.9. The molecular weight excluding hydrogens is 420 g/mol. The normalized spacial score (nSPS) is 14.7. The fourth-order valence-corrected chi connectivity index (χ4v) is 4.00. The van der Waals surface area contributed by atoms with Gasteiger partial charge in [-0.05, 0) is 57.5 Å². The summed E-state index contributed by atoms with van der Waals surface area (Å²) in [4.78, 5) is 31.7. The van der Waals surface area contributed by atoms with Crippen LogP contribution in [0.25, 0.3) is 11.4 Å². The summed E-state index contributed by atoms with van der Waals surface area (Å²) in [5.41, 5.74) is 2.75. The number of esters is 1. The zero-order valence-corrected chi connectivity index (χ0v) is 18.9. The number of amides is 1. The molecule has 8 nitrogen and oxygen atoms in total. The molecule has 0 unspecified atom stereocenters. The van der Waals surface area contributed by atoms with E-state index in [1.165, 1.54) is 0 Å². The van der Waals surface area contributed by atoms with Gasteiger partial charge in [-0.3, -0.25) is 9.69 Å². The number of ether oxygens (including phenoxy) is 1. The third kappa shape index (κ3) is 5.46. The Kier molecular flexibility index (Phi) is 7.14. The standard InChI is InChI=1S/C25H28N4O4/c1-3-32-25(31)20-10-7-11-21(17(20)2)26-24(30)19-12-14-29(15-13-19)16-22-27-23(28-33-22)18-8-5-4-6-9-18/h4-11,19H,3,12-16H2,1-2H3,(H,26,30). The first kappa shape index (κ1) is 22.7. The van der Waals surface area contributed by atoms with E-state index in [9.17, 15) is 9.59 Å². The van der Waals surface area contributed by atoms with Crippen LogP contribution in [0.15, 0.2) is 53.1 Å². The number of likely N-dealkylation sites (tertiary alicyclic amines) is 1. The third-order valence-corrected chi connectivity index (χ3v) is 5.90. The molecule has 2 aromatic carbocycles. The van der Waals surface area contributed by atoms with Crippen LogP contribution >= 0.6 is 0 Å². The van der Waals surface area contributed by atoms with Gasteiger partial charge in [0, 0.05) is 17.2 Å². The number of hydrogen-bond donors (Lipinski definition) is 1. The first-order valence-corrected chi connectivity index (χ1v) is 11.2. The lowest BCUT2D eigenvalue weighted by molar-refractivity contribution is -0.121. The van der Waals surface area contributed by atoms with Crippen LogP contribution in [0.3, 0.4) is 0 Å². The number of carbonyl (C=O) groups is 2. The molecule has 3 aromatic rings. The van der Waals surface area contributed by atoms with Gasteiger partial charge in [0.1, 0.15) is 0 Å². The second-order valence-electron chi connectivity index (χ2n) is 8.12. The molecule has 2 heterocycles. The van der Waals surface area contributed by atoms with Crippen molar-refractivity contribution in [1.82, 2.24) is 15.0 Å². The maximum atomic E-state index is 12.9. The van der Waals surface area contributed by atoms with Crippen LogP contribution in [0.4, 0.5) is 5.69 Å². The summed E-state index contributed by atoms with van der Waals surface area (Å²) >= 11 is 0. The Hall–Kier alpha value is -3.52. The topological polar surface area (TPSA) is 97.6 Å². The molecule has 0 aliphatic carbocycles. The van der Waals surface area contributed by atoms with E-state index >= 15 is 0 Å². The molecule has 1 N–H and O–H groups in total. The molecule has 172 valence electrons. The number of nitrogens with zero attached hydrogens (tertiary/aromatic N) is 3. The molecule has 1 saturated heterocycles. The van der Waals surface area contributed by atoms with E-state index in [1.807, 2.05) is 43.3 Å². The Morgan fingerprint density at radius 1 is 1.12 bits per heavy atom. The molecule has 4 rings (SSSR count). The molecule has 33 heavy (non-hydrogen) atoms. The van der Waals surface area contributed by atoms with Crippen molar-refractivity contribution < 1.29 is 18.8 Å². The minimum Gasteiger partial charge on any atom is -0.462 e. The second kappa shape index (κ2) is 10.4. The summed E-state index contributed by atoms with van der Waals surface area (Å²) in [6.45, 7) is 6.00. The molecule has 0 saturated carbocycles. The van der Waals surface area contributed by atoms with Gasteiger partial charge in [-0.25, -0.2) is 4.79 Å². The average molecular weight is 449 g/mol. The largest absolute Gasteiger partial charge is 0.462 e. The van der Waals surface area contributed by atoms with Crippen molar-refractivity contribution in [2.75, 3.05) is 25.0 Å². The summed E-state index contributed by atoms with van der Waals surface area (Å²) in [5.74, 6) is 0.664. The van der Waals surface area contributed by atoms with Crippen molar-refractivity contribution >= 4 is 17.6 Å². The lowest BCUT2D eigenvalue weighted by Crippen LogP contribution is -2.38. The zero-order chi connectivity index (χ0) is 23.2. The number of nitrogens with one attached hydrogen (secondary N) is 1. The number of anilines is 1. The number of hydrogen-bond acceptors (Lipinski definition) is 7. The van der Waals surface area contributed by atoms with E-state index in [-0.39, 0.29) is 17.8 Å². The minimum absolute atomic E-state index is 0.0251. The molecule has 0 spiro atoms. The Labute approximate surface area is 192 Å². The van der Waals surface area contributed by atoms with Crippen LogP contribution in [-0.2, 0) is 16.1 Å². The van der Waals surface area contributed by atoms with Gasteiger partial charge in [0.05, 0.1) is 18.7 Å². The highest BCUT2D eigenvalue weighted by atomic mass is 16.5. The van der Waals surface area contributed by atoms with Gasteiger partial charge in [0.2, 0.25) is 17.6 Å². The molecule has 0 atom stereocenters. The van der Waals surface area contributed by atoms with Gasteiger partial charge < -0.3 is 14.6 Å². The molecule has 1 aromatic heterocycles. The summed E-state index contributed by atoms with van der Waals surface area (Å²) < 4.78 is 10.5. The third-order valence-electron chi connectivity index (χ3n) is 5.90. The highest BCUT2D eigenvalue weighted by Gasteiger charge is 2.27. The van der Waals surface area contributed by atoms with Gasteiger partial charge in [-0.1, -0.05) is 41.6 Å². The monoisotopic (exact) mass is 448 g/mol. The maximum Gasteiger partial charge on any atom is 0.338 e. The van der Waals surface area contributed by atoms with Crippen LogP contribution in [0.2, 0.25) is 0 Å². The van der Waals surface area contributed by atoms with Crippen LogP contribution in [0, 0.1) is 12.8 Å².